The molecule has 0 radical (unpaired) electrons. The largest absolute Gasteiger partial charge is 0.303 e. The highest BCUT2D eigenvalue weighted by atomic mass is 19.1. The minimum absolute atomic E-state index is 0.215. The second-order valence-corrected chi connectivity index (χ2v) is 4.89. The predicted molar refractivity (Wildman–Crippen MR) is 59.1 cm³/mol. The van der Waals surface area contributed by atoms with Gasteiger partial charge in [0.15, 0.2) is 0 Å². The number of nitrogens with zero attached hydrogens (tertiary/aromatic N) is 1. The van der Waals surface area contributed by atoms with Crippen LogP contribution in [0.4, 0.5) is 4.39 Å². The first-order chi connectivity index (χ1) is 6.62. The molecule has 1 aliphatic rings. The van der Waals surface area contributed by atoms with Gasteiger partial charge in [0.25, 0.3) is 0 Å². The van der Waals surface area contributed by atoms with Crippen LogP contribution in [0.15, 0.2) is 12.7 Å². The Morgan fingerprint density at radius 3 is 2.36 bits per heavy atom. The van der Waals surface area contributed by atoms with Gasteiger partial charge < -0.3 is 4.90 Å². The monoisotopic (exact) mass is 199 g/mol. The summed E-state index contributed by atoms with van der Waals surface area (Å²) in [7, 11) is 0. The number of allylic oxidation sites excluding steroid dienone is 1. The molecule has 0 saturated carbocycles. The molecule has 0 aromatic heterocycles. The van der Waals surface area contributed by atoms with Crippen LogP contribution in [-0.2, 0) is 0 Å². The Balaban J connectivity index is 2.40. The molecule has 1 aliphatic heterocycles. The van der Waals surface area contributed by atoms with Gasteiger partial charge in [0, 0.05) is 12.0 Å². The lowest BCUT2D eigenvalue weighted by molar-refractivity contribution is 0.107. The third-order valence-corrected chi connectivity index (χ3v) is 3.17. The van der Waals surface area contributed by atoms with E-state index in [4.69, 9.17) is 0 Å². The summed E-state index contributed by atoms with van der Waals surface area (Å²) in [6.07, 6.45) is 3.68. The molecule has 2 heteroatoms. The number of piperidine rings is 1. The maximum absolute atomic E-state index is 12.8. The number of rotatable bonds is 4. The first kappa shape index (κ1) is 11.7. The van der Waals surface area contributed by atoms with E-state index in [9.17, 15) is 4.39 Å². The van der Waals surface area contributed by atoms with Gasteiger partial charge in [-0.25, -0.2) is 0 Å². The minimum atomic E-state index is -0.244. The maximum atomic E-state index is 12.8. The SMILES string of the molecule is C=CC1(CF)CCN(CC(C)C)CC1. The van der Waals surface area contributed by atoms with E-state index in [0.717, 1.165) is 32.5 Å². The van der Waals surface area contributed by atoms with Crippen LogP contribution in [0.5, 0.6) is 0 Å². The zero-order chi connectivity index (χ0) is 10.6. The van der Waals surface area contributed by atoms with Gasteiger partial charge in [-0.1, -0.05) is 19.9 Å². The number of hydrogen-bond donors (Lipinski definition) is 0. The summed E-state index contributed by atoms with van der Waals surface area (Å²) in [4.78, 5) is 2.43. The van der Waals surface area contributed by atoms with Gasteiger partial charge in [0.1, 0.15) is 0 Å². The fraction of sp³-hybridized carbons (Fsp3) is 0.833. The molecule has 0 aromatic carbocycles. The molecule has 0 N–H and O–H groups in total. The van der Waals surface area contributed by atoms with Gasteiger partial charge in [-0.15, -0.1) is 6.58 Å². The maximum Gasteiger partial charge on any atom is 0.0985 e. The molecule has 1 heterocycles. The van der Waals surface area contributed by atoms with Crippen LogP contribution >= 0.6 is 0 Å². The lowest BCUT2D eigenvalue weighted by atomic mass is 9.79. The van der Waals surface area contributed by atoms with Gasteiger partial charge >= 0.3 is 0 Å². The Morgan fingerprint density at radius 2 is 2.00 bits per heavy atom. The first-order valence-corrected chi connectivity index (χ1v) is 5.54. The normalized spacial score (nSPS) is 22.6. The fourth-order valence-electron chi connectivity index (χ4n) is 2.09. The number of hydrogen-bond acceptors (Lipinski definition) is 1. The van der Waals surface area contributed by atoms with Crippen LogP contribution in [0, 0.1) is 11.3 Å². The van der Waals surface area contributed by atoms with Crippen molar-refractivity contribution in [3.63, 3.8) is 0 Å². The average molecular weight is 199 g/mol. The average Bonchev–Trinajstić information content (AvgIpc) is 2.19. The van der Waals surface area contributed by atoms with E-state index in [1.165, 1.54) is 0 Å². The lowest BCUT2D eigenvalue weighted by Gasteiger charge is -2.38. The molecular formula is C12H22FN. The van der Waals surface area contributed by atoms with Gasteiger partial charge in [-0.05, 0) is 31.8 Å². The van der Waals surface area contributed by atoms with Crippen molar-refractivity contribution in [2.24, 2.45) is 11.3 Å². The van der Waals surface area contributed by atoms with Gasteiger partial charge in [-0.3, -0.25) is 4.39 Å². The number of alkyl halides is 1. The molecule has 1 fully saturated rings. The van der Waals surface area contributed by atoms with Crippen molar-refractivity contribution in [1.29, 1.82) is 0 Å². The quantitative estimate of drug-likeness (QED) is 0.629. The molecule has 0 bridgehead atoms. The number of halogens is 1. The van der Waals surface area contributed by atoms with E-state index >= 15 is 0 Å². The molecule has 0 spiro atoms. The van der Waals surface area contributed by atoms with Crippen molar-refractivity contribution in [3.05, 3.63) is 12.7 Å². The van der Waals surface area contributed by atoms with Gasteiger partial charge in [0.05, 0.1) is 6.67 Å². The van der Waals surface area contributed by atoms with Crippen molar-refractivity contribution >= 4 is 0 Å². The highest BCUT2D eigenvalue weighted by Gasteiger charge is 2.31. The first-order valence-electron chi connectivity index (χ1n) is 5.54. The predicted octanol–water partition coefficient (Wildman–Crippen LogP) is 2.88. The molecule has 82 valence electrons. The van der Waals surface area contributed by atoms with Crippen molar-refractivity contribution < 1.29 is 4.39 Å². The Kier molecular flexibility index (Phi) is 4.11. The Morgan fingerprint density at radius 1 is 1.43 bits per heavy atom. The third-order valence-electron chi connectivity index (χ3n) is 3.17. The van der Waals surface area contributed by atoms with Crippen molar-refractivity contribution in [2.45, 2.75) is 26.7 Å². The van der Waals surface area contributed by atoms with E-state index in [1.807, 2.05) is 6.08 Å². The lowest BCUT2D eigenvalue weighted by Crippen LogP contribution is -2.41. The summed E-state index contributed by atoms with van der Waals surface area (Å²) in [6.45, 7) is 11.1. The van der Waals surface area contributed by atoms with E-state index in [1.54, 1.807) is 0 Å². The molecule has 14 heavy (non-hydrogen) atoms. The van der Waals surface area contributed by atoms with Crippen LogP contribution in [0.25, 0.3) is 0 Å². The van der Waals surface area contributed by atoms with E-state index < -0.39 is 0 Å². The van der Waals surface area contributed by atoms with Crippen LogP contribution in [-0.4, -0.2) is 31.2 Å². The fourth-order valence-corrected chi connectivity index (χ4v) is 2.09. The van der Waals surface area contributed by atoms with Crippen LogP contribution in [0.3, 0.4) is 0 Å². The molecule has 0 amide bonds. The standard InChI is InChI=1S/C12H22FN/c1-4-12(10-13)5-7-14(8-6-12)9-11(2)3/h4,11H,1,5-10H2,2-3H3. The molecule has 0 atom stereocenters. The number of likely N-dealkylation sites (tertiary alicyclic amines) is 1. The minimum Gasteiger partial charge on any atom is -0.303 e. The van der Waals surface area contributed by atoms with Crippen molar-refractivity contribution in [3.8, 4) is 0 Å². The summed E-state index contributed by atoms with van der Waals surface area (Å²) >= 11 is 0. The van der Waals surface area contributed by atoms with E-state index in [-0.39, 0.29) is 12.1 Å². The molecule has 1 saturated heterocycles. The Labute approximate surface area is 87.0 Å². The van der Waals surface area contributed by atoms with Crippen molar-refractivity contribution in [2.75, 3.05) is 26.3 Å². The second kappa shape index (κ2) is 4.92. The highest BCUT2D eigenvalue weighted by Crippen LogP contribution is 2.33. The molecule has 1 rings (SSSR count). The zero-order valence-electron chi connectivity index (χ0n) is 9.43. The van der Waals surface area contributed by atoms with Crippen LogP contribution in [0.2, 0.25) is 0 Å². The summed E-state index contributed by atoms with van der Waals surface area (Å²) in [6, 6.07) is 0. The smallest absolute Gasteiger partial charge is 0.0985 e. The molecule has 1 nitrogen and oxygen atoms in total. The summed E-state index contributed by atoms with van der Waals surface area (Å²) in [5, 5.41) is 0. The summed E-state index contributed by atoms with van der Waals surface area (Å²) < 4.78 is 12.8. The Hall–Kier alpha value is -0.370. The summed E-state index contributed by atoms with van der Waals surface area (Å²) in [5.41, 5.74) is -0.215. The molecule has 0 unspecified atom stereocenters. The highest BCUT2D eigenvalue weighted by molar-refractivity contribution is 4.98. The Bertz CT molecular complexity index is 181. The molecule has 0 aliphatic carbocycles. The third kappa shape index (κ3) is 2.81. The van der Waals surface area contributed by atoms with Crippen LogP contribution in [0.1, 0.15) is 26.7 Å². The molecular weight excluding hydrogens is 177 g/mol. The van der Waals surface area contributed by atoms with Gasteiger partial charge in [0.2, 0.25) is 0 Å². The van der Waals surface area contributed by atoms with Crippen molar-refractivity contribution in [1.82, 2.24) is 4.90 Å². The van der Waals surface area contributed by atoms with E-state index in [0.29, 0.717) is 5.92 Å². The zero-order valence-corrected chi connectivity index (χ0v) is 9.43. The van der Waals surface area contributed by atoms with Gasteiger partial charge in [-0.2, -0.15) is 0 Å². The van der Waals surface area contributed by atoms with E-state index in [2.05, 4.69) is 25.3 Å². The molecule has 0 aromatic rings. The topological polar surface area (TPSA) is 3.24 Å². The second-order valence-electron chi connectivity index (χ2n) is 4.89. The van der Waals surface area contributed by atoms with Crippen LogP contribution < -0.4 is 0 Å². The summed E-state index contributed by atoms with van der Waals surface area (Å²) in [5.74, 6) is 0.705.